The molecule has 1 aromatic carbocycles. The van der Waals surface area contributed by atoms with Crippen LogP contribution in [0.25, 0.3) is 0 Å². The molecule has 2 N–H and O–H groups in total. The van der Waals surface area contributed by atoms with Crippen LogP contribution < -0.4 is 15.4 Å². The second-order valence-electron chi connectivity index (χ2n) is 4.35. The summed E-state index contributed by atoms with van der Waals surface area (Å²) in [5.74, 6) is 0.166. The summed E-state index contributed by atoms with van der Waals surface area (Å²) in [6.07, 6.45) is 0. The molecule has 1 aliphatic heterocycles. The molecule has 20 heavy (non-hydrogen) atoms. The summed E-state index contributed by atoms with van der Waals surface area (Å²) >= 11 is 0. The molecule has 6 heteroatoms. The predicted octanol–water partition coefficient (Wildman–Crippen LogP) is 1.50. The number of esters is 1. The molecule has 106 valence electrons. The van der Waals surface area contributed by atoms with Gasteiger partial charge >= 0.3 is 12.0 Å². The number of rotatable bonds is 3. The van der Waals surface area contributed by atoms with E-state index in [1.165, 1.54) is 7.11 Å². The highest BCUT2D eigenvalue weighted by Gasteiger charge is 2.29. The van der Waals surface area contributed by atoms with Crippen LogP contribution in [0.2, 0.25) is 0 Å². The van der Waals surface area contributed by atoms with Gasteiger partial charge in [0.25, 0.3) is 0 Å². The normalized spacial score (nSPS) is 18.1. The SMILES string of the molecule is COC(=O)C1=C(C)[C@H](c2ccc(OC)cc2)NC(=O)N1. The lowest BCUT2D eigenvalue weighted by atomic mass is 9.96. The van der Waals surface area contributed by atoms with E-state index in [0.717, 1.165) is 11.3 Å². The van der Waals surface area contributed by atoms with E-state index in [4.69, 9.17) is 4.74 Å². The van der Waals surface area contributed by atoms with Crippen LogP contribution in [0, 0.1) is 0 Å². The number of carbonyl (C=O) groups is 2. The van der Waals surface area contributed by atoms with Gasteiger partial charge in [-0.1, -0.05) is 12.1 Å². The topological polar surface area (TPSA) is 76.7 Å². The summed E-state index contributed by atoms with van der Waals surface area (Å²) in [7, 11) is 2.86. The molecule has 0 saturated heterocycles. The van der Waals surface area contributed by atoms with Crippen LogP contribution in [-0.2, 0) is 9.53 Å². The summed E-state index contributed by atoms with van der Waals surface area (Å²) in [5, 5.41) is 5.24. The van der Waals surface area contributed by atoms with Gasteiger partial charge in [0.15, 0.2) is 0 Å². The first-order valence-corrected chi connectivity index (χ1v) is 6.07. The fourth-order valence-corrected chi connectivity index (χ4v) is 2.08. The number of carbonyl (C=O) groups excluding carboxylic acids is 2. The fraction of sp³-hybridized carbons (Fsp3) is 0.286. The summed E-state index contributed by atoms with van der Waals surface area (Å²) in [6, 6.07) is 6.48. The summed E-state index contributed by atoms with van der Waals surface area (Å²) in [4.78, 5) is 23.3. The first kappa shape index (κ1) is 13.9. The maximum Gasteiger partial charge on any atom is 0.354 e. The van der Waals surface area contributed by atoms with Gasteiger partial charge in [0.05, 0.1) is 20.3 Å². The van der Waals surface area contributed by atoms with Crippen molar-refractivity contribution < 1.29 is 19.1 Å². The monoisotopic (exact) mass is 276 g/mol. The fourth-order valence-electron chi connectivity index (χ4n) is 2.08. The molecule has 0 radical (unpaired) electrons. The van der Waals surface area contributed by atoms with Gasteiger partial charge in [0, 0.05) is 0 Å². The van der Waals surface area contributed by atoms with E-state index < -0.39 is 12.0 Å². The maximum atomic E-state index is 11.7. The van der Waals surface area contributed by atoms with Crippen molar-refractivity contribution in [1.82, 2.24) is 10.6 Å². The Morgan fingerprint density at radius 2 is 1.85 bits per heavy atom. The first-order valence-electron chi connectivity index (χ1n) is 6.07. The molecule has 2 rings (SSSR count). The lowest BCUT2D eigenvalue weighted by molar-refractivity contribution is -0.136. The third-order valence-electron chi connectivity index (χ3n) is 3.18. The predicted molar refractivity (Wildman–Crippen MR) is 72.1 cm³/mol. The summed E-state index contributed by atoms with van der Waals surface area (Å²) < 4.78 is 9.77. The zero-order valence-corrected chi connectivity index (χ0v) is 11.5. The lowest BCUT2D eigenvalue weighted by Gasteiger charge is -2.27. The molecule has 1 aromatic rings. The Bertz CT molecular complexity index is 563. The molecule has 1 atom stereocenters. The van der Waals surface area contributed by atoms with Gasteiger partial charge in [-0.15, -0.1) is 0 Å². The third kappa shape index (κ3) is 2.59. The highest BCUT2D eigenvalue weighted by molar-refractivity contribution is 5.96. The van der Waals surface area contributed by atoms with Crippen molar-refractivity contribution in [3.63, 3.8) is 0 Å². The van der Waals surface area contributed by atoms with Crippen molar-refractivity contribution in [3.8, 4) is 5.75 Å². The van der Waals surface area contributed by atoms with Gasteiger partial charge in [-0.25, -0.2) is 9.59 Å². The van der Waals surface area contributed by atoms with E-state index in [0.29, 0.717) is 5.57 Å². The van der Waals surface area contributed by atoms with Crippen LogP contribution in [0.15, 0.2) is 35.5 Å². The molecule has 1 aliphatic rings. The van der Waals surface area contributed by atoms with Gasteiger partial charge in [-0.3, -0.25) is 0 Å². The second kappa shape index (κ2) is 5.64. The van der Waals surface area contributed by atoms with Crippen molar-refractivity contribution in [1.29, 1.82) is 0 Å². The number of hydrogen-bond acceptors (Lipinski definition) is 4. The van der Waals surface area contributed by atoms with Crippen molar-refractivity contribution >= 4 is 12.0 Å². The van der Waals surface area contributed by atoms with Crippen molar-refractivity contribution in [2.45, 2.75) is 13.0 Å². The van der Waals surface area contributed by atoms with Crippen LogP contribution in [0.3, 0.4) is 0 Å². The van der Waals surface area contributed by atoms with Crippen LogP contribution in [0.1, 0.15) is 18.5 Å². The number of urea groups is 1. The van der Waals surface area contributed by atoms with E-state index >= 15 is 0 Å². The number of nitrogens with one attached hydrogen (secondary N) is 2. The minimum atomic E-state index is -0.559. The van der Waals surface area contributed by atoms with Crippen molar-refractivity contribution in [3.05, 3.63) is 41.1 Å². The third-order valence-corrected chi connectivity index (χ3v) is 3.18. The number of amides is 2. The van der Waals surface area contributed by atoms with E-state index in [1.807, 2.05) is 12.1 Å². The molecule has 0 bridgehead atoms. The van der Waals surface area contributed by atoms with Gasteiger partial charge < -0.3 is 20.1 Å². The summed E-state index contributed by atoms with van der Waals surface area (Å²) in [5.41, 5.74) is 1.73. The van der Waals surface area contributed by atoms with Crippen LogP contribution in [0.5, 0.6) is 5.75 Å². The molecule has 0 saturated carbocycles. The van der Waals surface area contributed by atoms with Gasteiger partial charge in [-0.05, 0) is 30.2 Å². The second-order valence-corrected chi connectivity index (χ2v) is 4.35. The maximum absolute atomic E-state index is 11.7. The Hall–Kier alpha value is -2.50. The van der Waals surface area contributed by atoms with E-state index in [1.54, 1.807) is 26.2 Å². The molecule has 0 aliphatic carbocycles. The number of ether oxygens (including phenoxy) is 2. The number of methoxy groups -OCH3 is 2. The molecular formula is C14H16N2O4. The average molecular weight is 276 g/mol. The molecule has 1 heterocycles. The van der Waals surface area contributed by atoms with Gasteiger partial charge in [0.2, 0.25) is 0 Å². The Kier molecular flexibility index (Phi) is 3.93. The van der Waals surface area contributed by atoms with Gasteiger partial charge in [-0.2, -0.15) is 0 Å². The quantitative estimate of drug-likeness (QED) is 0.820. The molecule has 0 aromatic heterocycles. The minimum Gasteiger partial charge on any atom is -0.497 e. The van der Waals surface area contributed by atoms with E-state index in [2.05, 4.69) is 15.4 Å². The van der Waals surface area contributed by atoms with E-state index in [9.17, 15) is 9.59 Å². The van der Waals surface area contributed by atoms with Crippen molar-refractivity contribution in [2.75, 3.05) is 14.2 Å². The average Bonchev–Trinajstić information content (AvgIpc) is 2.48. The Morgan fingerprint density at radius 1 is 1.20 bits per heavy atom. The first-order chi connectivity index (χ1) is 9.56. The Balaban J connectivity index is 2.38. The van der Waals surface area contributed by atoms with Gasteiger partial charge in [0.1, 0.15) is 11.4 Å². The zero-order valence-electron chi connectivity index (χ0n) is 11.5. The number of hydrogen-bond donors (Lipinski definition) is 2. The van der Waals surface area contributed by atoms with Crippen LogP contribution >= 0.6 is 0 Å². The van der Waals surface area contributed by atoms with E-state index in [-0.39, 0.29) is 11.7 Å². The van der Waals surface area contributed by atoms with Crippen molar-refractivity contribution in [2.24, 2.45) is 0 Å². The highest BCUT2D eigenvalue weighted by Crippen LogP contribution is 2.27. The molecule has 0 spiro atoms. The molecule has 0 unspecified atom stereocenters. The Labute approximate surface area is 116 Å². The zero-order chi connectivity index (χ0) is 14.7. The summed E-state index contributed by atoms with van der Waals surface area (Å²) in [6.45, 7) is 1.77. The minimum absolute atomic E-state index is 0.178. The van der Waals surface area contributed by atoms with Crippen LogP contribution in [-0.4, -0.2) is 26.2 Å². The molecule has 0 fully saturated rings. The number of benzene rings is 1. The smallest absolute Gasteiger partial charge is 0.354 e. The largest absolute Gasteiger partial charge is 0.497 e. The Morgan fingerprint density at radius 3 is 2.40 bits per heavy atom. The highest BCUT2D eigenvalue weighted by atomic mass is 16.5. The molecule has 6 nitrogen and oxygen atoms in total. The molecular weight excluding hydrogens is 260 g/mol. The lowest BCUT2D eigenvalue weighted by Crippen LogP contribution is -2.45. The van der Waals surface area contributed by atoms with Crippen LogP contribution in [0.4, 0.5) is 4.79 Å². The molecule has 2 amide bonds. The standard InChI is InChI=1S/C14H16N2O4/c1-8-11(9-4-6-10(19-2)7-5-9)15-14(18)16-12(8)13(17)20-3/h4-7,11H,1-3H3,(H2,15,16,18)/t11-/m1/s1.